The topological polar surface area (TPSA) is 29.3 Å². The summed E-state index contributed by atoms with van der Waals surface area (Å²) in [5.74, 6) is 0. The predicted octanol–water partition coefficient (Wildman–Crippen LogP) is 1.91. The molecule has 1 aliphatic heterocycles. The van der Waals surface area contributed by atoms with Crippen LogP contribution in [-0.4, -0.2) is 24.5 Å². The van der Waals surface area contributed by atoms with Crippen molar-refractivity contribution in [1.82, 2.24) is 4.90 Å². The molecule has 0 atom stereocenters. The third-order valence-electron chi connectivity index (χ3n) is 3.77. The molecule has 2 fully saturated rings. The quantitative estimate of drug-likeness (QED) is 0.759. The summed E-state index contributed by atoms with van der Waals surface area (Å²) in [4.78, 5) is 2.57. The van der Waals surface area contributed by atoms with Gasteiger partial charge in [0.1, 0.15) is 0 Å². The van der Waals surface area contributed by atoms with Gasteiger partial charge < -0.3 is 10.6 Å². The highest BCUT2D eigenvalue weighted by atomic mass is 15.2. The van der Waals surface area contributed by atoms with Crippen molar-refractivity contribution in [2.45, 2.75) is 19.3 Å². The number of nitrogens with zero attached hydrogens (tertiary/aromatic N) is 1. The maximum Gasteiger partial charge on any atom is 0.0314 e. The van der Waals surface area contributed by atoms with Crippen LogP contribution in [0.25, 0.3) is 0 Å². The van der Waals surface area contributed by atoms with Gasteiger partial charge in [0.05, 0.1) is 0 Å². The molecular weight excluding hydrogens is 184 g/mol. The van der Waals surface area contributed by atoms with E-state index in [4.69, 9.17) is 5.73 Å². The van der Waals surface area contributed by atoms with Crippen molar-refractivity contribution in [1.29, 1.82) is 0 Å². The molecule has 80 valence electrons. The Morgan fingerprint density at radius 3 is 2.40 bits per heavy atom. The van der Waals surface area contributed by atoms with Gasteiger partial charge in [-0.25, -0.2) is 0 Å². The number of rotatable bonds is 3. The lowest BCUT2D eigenvalue weighted by molar-refractivity contribution is 0.0834. The zero-order valence-corrected chi connectivity index (χ0v) is 9.08. The molecule has 0 bridgehead atoms. The van der Waals surface area contributed by atoms with Crippen LogP contribution in [0.15, 0.2) is 24.3 Å². The van der Waals surface area contributed by atoms with Crippen molar-refractivity contribution in [3.05, 3.63) is 29.8 Å². The summed E-state index contributed by atoms with van der Waals surface area (Å²) < 4.78 is 0. The molecule has 0 unspecified atom stereocenters. The van der Waals surface area contributed by atoms with E-state index in [-0.39, 0.29) is 0 Å². The molecule has 0 amide bonds. The van der Waals surface area contributed by atoms with Gasteiger partial charge in [0.25, 0.3) is 0 Å². The number of nitrogens with two attached hydrogens (primary N) is 1. The van der Waals surface area contributed by atoms with Crippen LogP contribution in [0.4, 0.5) is 5.69 Å². The van der Waals surface area contributed by atoms with E-state index < -0.39 is 0 Å². The first-order valence-corrected chi connectivity index (χ1v) is 5.83. The Bertz CT molecular complexity index is 343. The lowest BCUT2D eigenvalue weighted by Crippen LogP contribution is -2.48. The second-order valence-electron chi connectivity index (χ2n) is 5.20. The van der Waals surface area contributed by atoms with Crippen LogP contribution >= 0.6 is 0 Å². The fourth-order valence-electron chi connectivity index (χ4n) is 2.53. The minimum atomic E-state index is 0.793. The van der Waals surface area contributed by atoms with Gasteiger partial charge in [-0.1, -0.05) is 12.1 Å². The fourth-order valence-corrected chi connectivity index (χ4v) is 2.53. The van der Waals surface area contributed by atoms with E-state index in [1.54, 1.807) is 0 Å². The monoisotopic (exact) mass is 202 g/mol. The van der Waals surface area contributed by atoms with Gasteiger partial charge in [-0.2, -0.15) is 0 Å². The van der Waals surface area contributed by atoms with Crippen LogP contribution in [0.2, 0.25) is 0 Å². The van der Waals surface area contributed by atoms with Crippen LogP contribution < -0.4 is 5.73 Å². The molecule has 0 aromatic heterocycles. The molecule has 2 N–H and O–H groups in total. The zero-order chi connectivity index (χ0) is 10.3. The molecule has 1 aromatic carbocycles. The summed E-state index contributed by atoms with van der Waals surface area (Å²) in [6.45, 7) is 3.91. The number of likely N-dealkylation sites (tertiary alicyclic amines) is 1. The van der Waals surface area contributed by atoms with Crippen molar-refractivity contribution in [3.8, 4) is 0 Å². The van der Waals surface area contributed by atoms with E-state index in [1.165, 1.54) is 38.0 Å². The molecule has 1 aromatic rings. The molecule has 15 heavy (non-hydrogen) atoms. The lowest BCUT2D eigenvalue weighted by atomic mass is 9.96. The average Bonchev–Trinajstić information content (AvgIpc) is 2.95. The van der Waals surface area contributed by atoms with Crippen molar-refractivity contribution < 1.29 is 0 Å². The second-order valence-corrected chi connectivity index (χ2v) is 5.20. The third-order valence-corrected chi connectivity index (χ3v) is 3.77. The van der Waals surface area contributed by atoms with Crippen LogP contribution in [0.3, 0.4) is 0 Å². The smallest absolute Gasteiger partial charge is 0.0314 e. The van der Waals surface area contributed by atoms with E-state index in [9.17, 15) is 0 Å². The number of hydrogen-bond acceptors (Lipinski definition) is 2. The summed E-state index contributed by atoms with van der Waals surface area (Å²) in [7, 11) is 0. The Morgan fingerprint density at radius 2 is 1.80 bits per heavy atom. The molecule has 0 radical (unpaired) electrons. The van der Waals surface area contributed by atoms with E-state index in [1.807, 2.05) is 12.1 Å². The van der Waals surface area contributed by atoms with Crippen molar-refractivity contribution in [2.24, 2.45) is 5.41 Å². The molecule has 2 heteroatoms. The molecule has 2 aliphatic rings. The lowest BCUT2D eigenvalue weighted by Gasteiger charge is -2.40. The first-order chi connectivity index (χ1) is 7.26. The summed E-state index contributed by atoms with van der Waals surface area (Å²) in [6, 6.07) is 8.27. The molecule has 1 saturated carbocycles. The molecule has 1 spiro atoms. The molecule has 3 rings (SSSR count). The number of nitrogen functional groups attached to an aromatic ring is 1. The molecule has 2 nitrogen and oxygen atoms in total. The highest BCUT2D eigenvalue weighted by Crippen LogP contribution is 2.52. The van der Waals surface area contributed by atoms with Gasteiger partial charge >= 0.3 is 0 Å². The van der Waals surface area contributed by atoms with Gasteiger partial charge in [0, 0.05) is 25.3 Å². The molecular formula is C13H18N2. The maximum atomic E-state index is 5.65. The zero-order valence-electron chi connectivity index (χ0n) is 9.08. The van der Waals surface area contributed by atoms with Crippen molar-refractivity contribution >= 4 is 5.69 Å². The van der Waals surface area contributed by atoms with E-state index in [2.05, 4.69) is 17.0 Å². The van der Waals surface area contributed by atoms with Crippen molar-refractivity contribution in [3.63, 3.8) is 0 Å². The maximum absolute atomic E-state index is 5.65. The Hall–Kier alpha value is -1.02. The van der Waals surface area contributed by atoms with Crippen LogP contribution in [0.1, 0.15) is 18.4 Å². The number of hydrogen-bond donors (Lipinski definition) is 1. The van der Waals surface area contributed by atoms with Crippen LogP contribution in [0, 0.1) is 5.41 Å². The van der Waals surface area contributed by atoms with E-state index in [0.717, 1.165) is 17.5 Å². The Morgan fingerprint density at radius 1 is 1.13 bits per heavy atom. The van der Waals surface area contributed by atoms with Gasteiger partial charge in [0.2, 0.25) is 0 Å². The third kappa shape index (κ3) is 1.86. The fraction of sp³-hybridized carbons (Fsp3) is 0.538. The highest BCUT2D eigenvalue weighted by Gasteiger charge is 2.51. The normalized spacial score (nSPS) is 22.7. The van der Waals surface area contributed by atoms with Gasteiger partial charge in [0.15, 0.2) is 0 Å². The molecule has 1 heterocycles. The Kier molecular flexibility index (Phi) is 1.99. The Labute approximate surface area is 91.1 Å². The molecule has 1 saturated heterocycles. The summed E-state index contributed by atoms with van der Waals surface area (Å²) in [5.41, 5.74) is 8.71. The highest BCUT2D eigenvalue weighted by molar-refractivity contribution is 5.39. The molecule has 1 aliphatic carbocycles. The minimum absolute atomic E-state index is 0.793. The number of benzene rings is 1. The number of anilines is 1. The summed E-state index contributed by atoms with van der Waals surface area (Å²) in [5, 5.41) is 0. The average molecular weight is 202 g/mol. The summed E-state index contributed by atoms with van der Waals surface area (Å²) >= 11 is 0. The first-order valence-electron chi connectivity index (χ1n) is 5.83. The Balaban J connectivity index is 1.47. The largest absolute Gasteiger partial charge is 0.399 e. The van der Waals surface area contributed by atoms with Gasteiger partial charge in [-0.3, -0.25) is 0 Å². The second kappa shape index (κ2) is 3.24. The predicted molar refractivity (Wildman–Crippen MR) is 62.7 cm³/mol. The van der Waals surface area contributed by atoms with Crippen LogP contribution in [-0.2, 0) is 6.42 Å². The standard InChI is InChI=1S/C13H18N2/c14-12-3-1-11(2-4-12)5-8-15-9-13(10-15)6-7-13/h1-4H,5-10,14H2. The van der Waals surface area contributed by atoms with Gasteiger partial charge in [-0.05, 0) is 42.4 Å². The van der Waals surface area contributed by atoms with Crippen molar-refractivity contribution in [2.75, 3.05) is 25.4 Å². The summed E-state index contributed by atoms with van der Waals surface area (Å²) in [6.07, 6.45) is 4.12. The SMILES string of the molecule is Nc1ccc(CCN2CC3(CC3)C2)cc1. The van der Waals surface area contributed by atoms with E-state index >= 15 is 0 Å². The van der Waals surface area contributed by atoms with E-state index in [0.29, 0.717) is 0 Å². The minimum Gasteiger partial charge on any atom is -0.399 e. The first kappa shape index (κ1) is 9.22. The van der Waals surface area contributed by atoms with Gasteiger partial charge in [-0.15, -0.1) is 0 Å². The van der Waals surface area contributed by atoms with Crippen LogP contribution in [0.5, 0.6) is 0 Å².